The Kier molecular flexibility index (Phi) is 5.56. The fraction of sp³-hybridized carbons (Fsp3) is 1.00. The van der Waals surface area contributed by atoms with E-state index in [2.05, 4.69) is 4.74 Å². The topological polar surface area (TPSA) is 9.23 Å². The van der Waals surface area contributed by atoms with Crippen LogP contribution in [-0.4, -0.2) is 37.2 Å². The number of alkyl halides is 9. The molecule has 0 saturated carbocycles. The minimum Gasteiger partial charge on any atom is -0.381 e. The average Bonchev–Trinajstić information content (AvgIpc) is 2.22. The summed E-state index contributed by atoms with van der Waals surface area (Å²) in [5.41, 5.74) is 0. The van der Waals surface area contributed by atoms with Crippen molar-refractivity contribution in [2.24, 2.45) is 0 Å². The van der Waals surface area contributed by atoms with Crippen LogP contribution >= 0.6 is 0 Å². The molecule has 0 atom stereocenters. The minimum atomic E-state index is -6.83. The van der Waals surface area contributed by atoms with Crippen molar-refractivity contribution in [1.82, 2.24) is 0 Å². The van der Waals surface area contributed by atoms with Gasteiger partial charge in [-0.2, -0.15) is 39.5 Å². The predicted octanol–water partition coefficient (Wildman–Crippen LogP) is 4.27. The maximum Gasteiger partial charge on any atom is 0.460 e. The second-order valence-corrected chi connectivity index (χ2v) is 3.71. The van der Waals surface area contributed by atoms with Gasteiger partial charge in [-0.25, -0.2) is 0 Å². The largest absolute Gasteiger partial charge is 0.460 e. The third kappa shape index (κ3) is 3.67. The number of rotatable bonds is 7. The van der Waals surface area contributed by atoms with Crippen molar-refractivity contribution in [2.75, 3.05) is 13.2 Å². The molecule has 1 nitrogen and oxygen atoms in total. The molecule has 0 aliphatic heterocycles. The molecule has 19 heavy (non-hydrogen) atoms. The Morgan fingerprint density at radius 1 is 0.737 bits per heavy atom. The molecule has 0 aromatic rings. The van der Waals surface area contributed by atoms with Crippen LogP contribution in [0.3, 0.4) is 0 Å². The highest BCUT2D eigenvalue weighted by Crippen LogP contribution is 2.53. The molecule has 0 heterocycles. The van der Waals surface area contributed by atoms with Gasteiger partial charge in [-0.15, -0.1) is 0 Å². The summed E-state index contributed by atoms with van der Waals surface area (Å²) < 4.78 is 115. The van der Waals surface area contributed by atoms with Gasteiger partial charge in [-0.3, -0.25) is 0 Å². The molecule has 10 heteroatoms. The molecular formula is C9H11F9O. The first-order chi connectivity index (χ1) is 8.31. The minimum absolute atomic E-state index is 0.0999. The first-order valence-corrected chi connectivity index (χ1v) is 5.09. The molecule has 0 aromatic heterocycles. The van der Waals surface area contributed by atoms with E-state index in [1.165, 1.54) is 0 Å². The number of halogens is 9. The zero-order chi connectivity index (χ0) is 15.5. The molecular weight excluding hydrogens is 295 g/mol. The van der Waals surface area contributed by atoms with Crippen LogP contribution in [0, 0.1) is 0 Å². The van der Waals surface area contributed by atoms with Crippen molar-refractivity contribution in [3.8, 4) is 0 Å². The van der Waals surface area contributed by atoms with Crippen molar-refractivity contribution in [3.05, 3.63) is 0 Å². The van der Waals surface area contributed by atoms with Gasteiger partial charge in [0.05, 0.1) is 6.61 Å². The lowest BCUT2D eigenvalue weighted by molar-refractivity contribution is -0.397. The second kappa shape index (κ2) is 5.76. The zero-order valence-electron chi connectivity index (χ0n) is 9.64. The highest BCUT2D eigenvalue weighted by Gasteiger charge is 2.81. The molecule has 116 valence electrons. The Hall–Kier alpha value is -0.670. The van der Waals surface area contributed by atoms with Crippen LogP contribution in [0.1, 0.15) is 19.8 Å². The summed E-state index contributed by atoms with van der Waals surface area (Å²) in [6.07, 6.45) is -8.36. The summed E-state index contributed by atoms with van der Waals surface area (Å²) >= 11 is 0. The van der Waals surface area contributed by atoms with Gasteiger partial charge in [0.15, 0.2) is 0 Å². The summed E-state index contributed by atoms with van der Waals surface area (Å²) in [5.74, 6) is -18.9. The lowest BCUT2D eigenvalue weighted by atomic mass is 10.0. The first-order valence-electron chi connectivity index (χ1n) is 5.09. The van der Waals surface area contributed by atoms with E-state index in [0.29, 0.717) is 6.42 Å². The molecule has 0 unspecified atom stereocenters. The summed E-state index contributed by atoms with van der Waals surface area (Å²) in [6, 6.07) is 0. The third-order valence-electron chi connectivity index (χ3n) is 2.12. The molecule has 0 fully saturated rings. The smallest absolute Gasteiger partial charge is 0.381 e. The predicted molar refractivity (Wildman–Crippen MR) is 46.6 cm³/mol. The van der Waals surface area contributed by atoms with Gasteiger partial charge in [0.1, 0.15) is 0 Å². The highest BCUT2D eigenvalue weighted by atomic mass is 19.4. The molecule has 0 aliphatic rings. The molecule has 0 amide bonds. The van der Waals surface area contributed by atoms with Crippen molar-refractivity contribution < 1.29 is 44.3 Å². The normalized spacial score (nSPS) is 14.8. The highest BCUT2D eigenvalue weighted by molar-refractivity contribution is 5.00. The molecule has 0 radical (unpaired) electrons. The van der Waals surface area contributed by atoms with E-state index in [-0.39, 0.29) is 6.61 Å². The quantitative estimate of drug-likeness (QED) is 0.504. The fourth-order valence-electron chi connectivity index (χ4n) is 1.01. The van der Waals surface area contributed by atoms with E-state index < -0.39 is 37.0 Å². The summed E-state index contributed by atoms with van der Waals surface area (Å²) in [5, 5.41) is 0. The monoisotopic (exact) mass is 306 g/mol. The van der Waals surface area contributed by atoms with Gasteiger partial charge in [-0.05, 0) is 6.42 Å². The Bertz CT molecular complexity index is 284. The van der Waals surface area contributed by atoms with E-state index in [4.69, 9.17) is 0 Å². The zero-order valence-corrected chi connectivity index (χ0v) is 9.64. The van der Waals surface area contributed by atoms with Crippen LogP contribution in [0.5, 0.6) is 0 Å². The lowest BCUT2D eigenvalue weighted by Crippen LogP contribution is -2.61. The summed E-state index contributed by atoms with van der Waals surface area (Å²) in [6.45, 7) is 0.409. The molecule has 0 aromatic carbocycles. The van der Waals surface area contributed by atoms with Crippen molar-refractivity contribution in [2.45, 2.75) is 43.7 Å². The van der Waals surface area contributed by atoms with Crippen LogP contribution in [0.25, 0.3) is 0 Å². The van der Waals surface area contributed by atoms with Crippen LogP contribution in [0.4, 0.5) is 39.5 Å². The third-order valence-corrected chi connectivity index (χ3v) is 2.12. The van der Waals surface area contributed by atoms with E-state index >= 15 is 0 Å². The van der Waals surface area contributed by atoms with Gasteiger partial charge < -0.3 is 4.74 Å². The first kappa shape index (κ1) is 18.3. The van der Waals surface area contributed by atoms with E-state index in [9.17, 15) is 39.5 Å². The van der Waals surface area contributed by atoms with Gasteiger partial charge >= 0.3 is 23.9 Å². The van der Waals surface area contributed by atoms with Crippen molar-refractivity contribution >= 4 is 0 Å². The Balaban J connectivity index is 4.96. The Morgan fingerprint density at radius 2 is 1.21 bits per heavy atom. The second-order valence-electron chi connectivity index (χ2n) is 3.71. The van der Waals surface area contributed by atoms with Gasteiger partial charge in [0.25, 0.3) is 0 Å². The van der Waals surface area contributed by atoms with Crippen LogP contribution < -0.4 is 0 Å². The van der Waals surface area contributed by atoms with E-state index in [1.807, 2.05) is 0 Å². The van der Waals surface area contributed by atoms with E-state index in [1.54, 1.807) is 6.92 Å². The van der Waals surface area contributed by atoms with Crippen LogP contribution in [-0.2, 0) is 4.74 Å². The number of ether oxygens (including phenoxy) is 1. The molecule has 0 aliphatic carbocycles. The van der Waals surface area contributed by atoms with Crippen molar-refractivity contribution in [1.29, 1.82) is 0 Å². The lowest BCUT2D eigenvalue weighted by Gasteiger charge is -2.33. The van der Waals surface area contributed by atoms with Crippen LogP contribution in [0.2, 0.25) is 0 Å². The fourth-order valence-corrected chi connectivity index (χ4v) is 1.01. The summed E-state index contributed by atoms with van der Waals surface area (Å²) in [7, 11) is 0. The maximum atomic E-state index is 12.8. The Morgan fingerprint density at radius 3 is 1.58 bits per heavy atom. The van der Waals surface area contributed by atoms with Crippen LogP contribution in [0.15, 0.2) is 0 Å². The summed E-state index contributed by atoms with van der Waals surface area (Å²) in [4.78, 5) is 0. The SMILES string of the molecule is CCCOCCC(F)(F)C(F)(F)C(F)(F)C(F)(F)F. The molecule has 0 spiro atoms. The van der Waals surface area contributed by atoms with Crippen molar-refractivity contribution in [3.63, 3.8) is 0 Å². The molecule has 0 saturated heterocycles. The standard InChI is InChI=1S/C9H11F9O/c1-2-4-19-5-3-6(10,11)7(12,13)8(14,15)9(16,17)18/h2-5H2,1H3. The number of hydrogen-bond acceptors (Lipinski definition) is 1. The van der Waals surface area contributed by atoms with Gasteiger partial charge in [0.2, 0.25) is 0 Å². The molecule has 0 bridgehead atoms. The average molecular weight is 306 g/mol. The molecule has 0 N–H and O–H groups in total. The molecule has 0 rings (SSSR count). The number of hydrogen-bond donors (Lipinski definition) is 0. The van der Waals surface area contributed by atoms with E-state index in [0.717, 1.165) is 0 Å². The Labute approximate surface area is 102 Å². The van der Waals surface area contributed by atoms with Gasteiger partial charge in [-0.1, -0.05) is 6.92 Å². The van der Waals surface area contributed by atoms with Gasteiger partial charge in [0, 0.05) is 13.0 Å². The maximum absolute atomic E-state index is 12.8.